The lowest BCUT2D eigenvalue weighted by Gasteiger charge is -2.37. The molecule has 1 aromatic rings. The van der Waals surface area contributed by atoms with Crippen molar-refractivity contribution in [1.29, 1.82) is 0 Å². The SMILES string of the molecule is OC1c2ccccc2CC1N1CCC(C(F)(F)F)CC1. The van der Waals surface area contributed by atoms with E-state index >= 15 is 0 Å². The monoisotopic (exact) mass is 285 g/mol. The van der Waals surface area contributed by atoms with Gasteiger partial charge in [-0.25, -0.2) is 0 Å². The van der Waals surface area contributed by atoms with E-state index in [0.29, 0.717) is 13.1 Å². The Morgan fingerprint density at radius 3 is 2.35 bits per heavy atom. The number of aliphatic hydroxyl groups excluding tert-OH is 1. The van der Waals surface area contributed by atoms with Crippen LogP contribution in [0.15, 0.2) is 24.3 Å². The highest BCUT2D eigenvalue weighted by atomic mass is 19.4. The fourth-order valence-electron chi connectivity index (χ4n) is 3.44. The molecule has 20 heavy (non-hydrogen) atoms. The summed E-state index contributed by atoms with van der Waals surface area (Å²) < 4.78 is 38.0. The Labute approximate surface area is 116 Å². The van der Waals surface area contributed by atoms with Crippen LogP contribution in [0, 0.1) is 5.92 Å². The molecule has 1 aliphatic carbocycles. The van der Waals surface area contributed by atoms with Crippen LogP contribution in [0.3, 0.4) is 0 Å². The molecule has 1 aromatic carbocycles. The Morgan fingerprint density at radius 1 is 1.10 bits per heavy atom. The van der Waals surface area contributed by atoms with Gasteiger partial charge in [0.25, 0.3) is 0 Å². The molecule has 1 saturated heterocycles. The fourth-order valence-corrected chi connectivity index (χ4v) is 3.44. The number of nitrogens with zero attached hydrogens (tertiary/aromatic N) is 1. The van der Waals surface area contributed by atoms with Gasteiger partial charge in [0.05, 0.1) is 12.0 Å². The zero-order valence-electron chi connectivity index (χ0n) is 11.1. The van der Waals surface area contributed by atoms with E-state index in [1.165, 1.54) is 0 Å². The molecule has 110 valence electrons. The number of rotatable bonds is 1. The molecular formula is C15H18F3NO. The van der Waals surface area contributed by atoms with Gasteiger partial charge in [0.15, 0.2) is 0 Å². The van der Waals surface area contributed by atoms with Gasteiger partial charge in [0.1, 0.15) is 0 Å². The van der Waals surface area contributed by atoms with E-state index in [9.17, 15) is 18.3 Å². The first-order valence-corrected chi connectivity index (χ1v) is 7.03. The molecule has 1 fully saturated rings. The quantitative estimate of drug-likeness (QED) is 0.857. The number of likely N-dealkylation sites (tertiary alicyclic amines) is 1. The maximum Gasteiger partial charge on any atom is 0.391 e. The molecule has 1 heterocycles. The first-order valence-electron chi connectivity index (χ1n) is 7.03. The molecule has 0 amide bonds. The Balaban J connectivity index is 1.66. The molecule has 2 aliphatic rings. The molecule has 2 unspecified atom stereocenters. The van der Waals surface area contributed by atoms with E-state index in [1.807, 2.05) is 29.2 Å². The molecular weight excluding hydrogens is 267 g/mol. The molecule has 1 aliphatic heterocycles. The minimum atomic E-state index is -4.08. The third-order valence-electron chi connectivity index (χ3n) is 4.63. The Kier molecular flexibility index (Phi) is 3.50. The second-order valence-corrected chi connectivity index (χ2v) is 5.77. The van der Waals surface area contributed by atoms with Gasteiger partial charge in [-0.3, -0.25) is 4.90 Å². The van der Waals surface area contributed by atoms with Gasteiger partial charge in [-0.15, -0.1) is 0 Å². The summed E-state index contributed by atoms with van der Waals surface area (Å²) in [5.74, 6) is -1.18. The summed E-state index contributed by atoms with van der Waals surface area (Å²) in [7, 11) is 0. The van der Waals surface area contributed by atoms with Gasteiger partial charge < -0.3 is 5.11 Å². The predicted octanol–water partition coefficient (Wildman–Crippen LogP) is 2.92. The number of fused-ring (bicyclic) bond motifs is 1. The van der Waals surface area contributed by atoms with Crippen LogP contribution in [0.1, 0.15) is 30.1 Å². The van der Waals surface area contributed by atoms with Gasteiger partial charge in [-0.1, -0.05) is 24.3 Å². The third-order valence-corrected chi connectivity index (χ3v) is 4.63. The first kappa shape index (κ1) is 13.9. The molecule has 5 heteroatoms. The molecule has 2 atom stereocenters. The van der Waals surface area contributed by atoms with Crippen molar-refractivity contribution in [1.82, 2.24) is 4.90 Å². The first-order chi connectivity index (χ1) is 9.47. The van der Waals surface area contributed by atoms with Crippen LogP contribution in [-0.4, -0.2) is 35.3 Å². The summed E-state index contributed by atoms with van der Waals surface area (Å²) in [5.41, 5.74) is 2.04. The van der Waals surface area contributed by atoms with Crippen LogP contribution in [0.5, 0.6) is 0 Å². The standard InChI is InChI=1S/C15H18F3NO/c16-15(17,18)11-5-7-19(8-6-11)13-9-10-3-1-2-4-12(10)14(13)20/h1-4,11,13-14,20H,5-9H2. The van der Waals surface area contributed by atoms with E-state index in [0.717, 1.165) is 17.5 Å². The number of aliphatic hydroxyl groups is 1. The Hall–Kier alpha value is -1.07. The summed E-state index contributed by atoms with van der Waals surface area (Å²) in [6, 6.07) is 7.65. The maximum absolute atomic E-state index is 12.7. The number of hydrogen-bond donors (Lipinski definition) is 1. The molecule has 3 rings (SSSR count). The molecule has 0 bridgehead atoms. The van der Waals surface area contributed by atoms with Crippen molar-refractivity contribution < 1.29 is 18.3 Å². The second kappa shape index (κ2) is 5.04. The Morgan fingerprint density at radius 2 is 1.75 bits per heavy atom. The van der Waals surface area contributed by atoms with Crippen LogP contribution >= 0.6 is 0 Å². The topological polar surface area (TPSA) is 23.5 Å². The lowest BCUT2D eigenvalue weighted by Crippen LogP contribution is -2.45. The van der Waals surface area contributed by atoms with Crippen LogP contribution in [0.4, 0.5) is 13.2 Å². The van der Waals surface area contributed by atoms with Crippen molar-refractivity contribution in [3.63, 3.8) is 0 Å². The van der Waals surface area contributed by atoms with Crippen molar-refractivity contribution in [2.24, 2.45) is 5.92 Å². The van der Waals surface area contributed by atoms with E-state index in [-0.39, 0.29) is 18.9 Å². The van der Waals surface area contributed by atoms with Gasteiger partial charge in [-0.2, -0.15) is 13.2 Å². The highest BCUT2D eigenvalue weighted by Crippen LogP contribution is 2.39. The van der Waals surface area contributed by atoms with Gasteiger partial charge in [-0.05, 0) is 43.5 Å². The minimum Gasteiger partial charge on any atom is -0.387 e. The van der Waals surface area contributed by atoms with Crippen molar-refractivity contribution in [2.75, 3.05) is 13.1 Å². The molecule has 0 saturated carbocycles. The smallest absolute Gasteiger partial charge is 0.387 e. The predicted molar refractivity (Wildman–Crippen MR) is 69.2 cm³/mol. The molecule has 1 N–H and O–H groups in total. The second-order valence-electron chi connectivity index (χ2n) is 5.77. The highest BCUT2D eigenvalue weighted by molar-refractivity contribution is 5.35. The van der Waals surface area contributed by atoms with Crippen molar-refractivity contribution >= 4 is 0 Å². The summed E-state index contributed by atoms with van der Waals surface area (Å²) >= 11 is 0. The molecule has 0 radical (unpaired) electrons. The largest absolute Gasteiger partial charge is 0.391 e. The fraction of sp³-hybridized carbons (Fsp3) is 0.600. The summed E-state index contributed by atoms with van der Waals surface area (Å²) in [5, 5.41) is 10.4. The summed E-state index contributed by atoms with van der Waals surface area (Å²) in [4.78, 5) is 2.02. The van der Waals surface area contributed by atoms with Crippen LogP contribution in [-0.2, 0) is 6.42 Å². The molecule has 0 aromatic heterocycles. The van der Waals surface area contributed by atoms with E-state index in [4.69, 9.17) is 0 Å². The summed E-state index contributed by atoms with van der Waals surface area (Å²) in [6.45, 7) is 0.833. The minimum absolute atomic E-state index is 0.0680. The number of piperidine rings is 1. The maximum atomic E-state index is 12.7. The van der Waals surface area contributed by atoms with E-state index < -0.39 is 18.2 Å². The number of halogens is 3. The highest BCUT2D eigenvalue weighted by Gasteiger charge is 2.43. The lowest BCUT2D eigenvalue weighted by molar-refractivity contribution is -0.187. The zero-order valence-corrected chi connectivity index (χ0v) is 11.1. The van der Waals surface area contributed by atoms with Crippen LogP contribution < -0.4 is 0 Å². The molecule has 2 nitrogen and oxygen atoms in total. The van der Waals surface area contributed by atoms with Crippen molar-refractivity contribution in [3.05, 3.63) is 35.4 Å². The van der Waals surface area contributed by atoms with Crippen molar-refractivity contribution in [3.8, 4) is 0 Å². The Bertz CT molecular complexity index is 480. The number of hydrogen-bond acceptors (Lipinski definition) is 2. The normalized spacial score (nSPS) is 28.6. The van der Waals surface area contributed by atoms with Crippen LogP contribution in [0.25, 0.3) is 0 Å². The number of benzene rings is 1. The lowest BCUT2D eigenvalue weighted by atomic mass is 9.94. The van der Waals surface area contributed by atoms with Gasteiger partial charge in [0, 0.05) is 6.04 Å². The average molecular weight is 285 g/mol. The zero-order chi connectivity index (χ0) is 14.3. The van der Waals surface area contributed by atoms with Crippen molar-refractivity contribution in [2.45, 2.75) is 37.6 Å². The third kappa shape index (κ3) is 2.44. The van der Waals surface area contributed by atoms with E-state index in [1.54, 1.807) is 0 Å². The van der Waals surface area contributed by atoms with Gasteiger partial charge in [0.2, 0.25) is 0 Å². The number of alkyl halides is 3. The average Bonchev–Trinajstić information content (AvgIpc) is 2.76. The summed E-state index contributed by atoms with van der Waals surface area (Å²) in [6.07, 6.45) is -3.64. The van der Waals surface area contributed by atoms with E-state index in [2.05, 4.69) is 0 Å². The molecule has 0 spiro atoms. The van der Waals surface area contributed by atoms with Gasteiger partial charge >= 0.3 is 6.18 Å². The van der Waals surface area contributed by atoms with Crippen LogP contribution in [0.2, 0.25) is 0 Å².